The third-order valence-electron chi connectivity index (χ3n) is 3.82. The summed E-state index contributed by atoms with van der Waals surface area (Å²) in [5.74, 6) is 0.408. The Morgan fingerprint density at radius 2 is 1.68 bits per heavy atom. The van der Waals surface area contributed by atoms with E-state index < -0.39 is 0 Å². The molecule has 0 spiro atoms. The highest BCUT2D eigenvalue weighted by atomic mass is 35.5. The van der Waals surface area contributed by atoms with E-state index in [2.05, 4.69) is 15.1 Å². The molecule has 0 atom stereocenters. The van der Waals surface area contributed by atoms with Crippen molar-refractivity contribution in [3.8, 4) is 22.8 Å². The van der Waals surface area contributed by atoms with Gasteiger partial charge in [0.05, 0.1) is 17.8 Å². The second-order valence-corrected chi connectivity index (χ2v) is 6.14. The van der Waals surface area contributed by atoms with Gasteiger partial charge in [0, 0.05) is 10.6 Å². The van der Waals surface area contributed by atoms with Crippen molar-refractivity contribution in [1.29, 1.82) is 0 Å². The molecule has 0 bridgehead atoms. The van der Waals surface area contributed by atoms with Crippen LogP contribution < -0.4 is 4.74 Å². The lowest BCUT2D eigenvalue weighted by atomic mass is 10.1. The van der Waals surface area contributed by atoms with Crippen LogP contribution in [-0.4, -0.2) is 26.9 Å². The average molecular weight is 371 g/mol. The van der Waals surface area contributed by atoms with Crippen LogP contribution in [0.25, 0.3) is 28.0 Å². The summed E-state index contributed by atoms with van der Waals surface area (Å²) in [5.41, 5.74) is 3.69. The summed E-state index contributed by atoms with van der Waals surface area (Å²) in [6.45, 7) is 0. The largest absolute Gasteiger partial charge is 0.479 e. The van der Waals surface area contributed by atoms with Crippen LogP contribution in [0.3, 0.4) is 0 Å². The molecule has 2 aromatic carbocycles. The average Bonchev–Trinajstić information content (AvgIpc) is 3.02. The molecular formula is C18H12Cl2N4O. The molecule has 0 saturated heterocycles. The van der Waals surface area contributed by atoms with Crippen molar-refractivity contribution in [2.45, 2.75) is 0 Å². The number of halogens is 2. The zero-order valence-corrected chi connectivity index (χ0v) is 14.7. The normalized spacial score (nSPS) is 11.0. The van der Waals surface area contributed by atoms with Gasteiger partial charge in [0.25, 0.3) is 0 Å². The van der Waals surface area contributed by atoms with Crippen LogP contribution >= 0.6 is 23.2 Å². The number of nitrogens with zero attached hydrogens (tertiary/aromatic N) is 4. The molecule has 2 aromatic heterocycles. The molecule has 0 aliphatic carbocycles. The molecule has 2 heterocycles. The van der Waals surface area contributed by atoms with Gasteiger partial charge < -0.3 is 4.74 Å². The maximum atomic E-state index is 6.40. The molecule has 0 aliphatic rings. The molecule has 124 valence electrons. The summed E-state index contributed by atoms with van der Waals surface area (Å²) in [7, 11) is 1.55. The Morgan fingerprint density at radius 1 is 0.920 bits per heavy atom. The van der Waals surface area contributed by atoms with Crippen molar-refractivity contribution < 1.29 is 4.74 Å². The highest BCUT2D eigenvalue weighted by Gasteiger charge is 2.20. The van der Waals surface area contributed by atoms with E-state index in [9.17, 15) is 0 Å². The quantitative estimate of drug-likeness (QED) is 0.519. The van der Waals surface area contributed by atoms with E-state index in [1.807, 2.05) is 48.5 Å². The lowest BCUT2D eigenvalue weighted by Crippen LogP contribution is -2.00. The Balaban J connectivity index is 2.09. The molecule has 0 N–H and O–H groups in total. The summed E-state index contributed by atoms with van der Waals surface area (Å²) in [4.78, 5) is 8.55. The van der Waals surface area contributed by atoms with Gasteiger partial charge in [-0.05, 0) is 24.3 Å². The zero-order chi connectivity index (χ0) is 17.4. The minimum atomic E-state index is 0.408. The van der Waals surface area contributed by atoms with Crippen molar-refractivity contribution in [3.63, 3.8) is 0 Å². The lowest BCUT2D eigenvalue weighted by Gasteiger charge is -2.09. The Morgan fingerprint density at radius 3 is 2.40 bits per heavy atom. The second kappa shape index (κ2) is 6.35. The molecule has 7 heteroatoms. The maximum absolute atomic E-state index is 6.40. The number of fused-ring (bicyclic) bond motifs is 1. The Labute approximate surface area is 153 Å². The Kier molecular flexibility index (Phi) is 4.03. The van der Waals surface area contributed by atoms with E-state index in [0.29, 0.717) is 27.0 Å². The third-order valence-corrected chi connectivity index (χ3v) is 4.39. The first-order chi connectivity index (χ1) is 12.2. The van der Waals surface area contributed by atoms with Crippen LogP contribution in [0.4, 0.5) is 0 Å². The number of rotatable bonds is 3. The maximum Gasteiger partial charge on any atom is 0.245 e. The van der Waals surface area contributed by atoms with Crippen LogP contribution in [0, 0.1) is 0 Å². The van der Waals surface area contributed by atoms with Crippen molar-refractivity contribution >= 4 is 34.2 Å². The van der Waals surface area contributed by atoms with Crippen LogP contribution in [-0.2, 0) is 0 Å². The fourth-order valence-electron chi connectivity index (χ4n) is 2.69. The van der Waals surface area contributed by atoms with E-state index in [0.717, 1.165) is 16.9 Å². The Hall–Kier alpha value is -2.63. The molecule has 0 radical (unpaired) electrons. The number of aromatic nitrogens is 4. The molecule has 0 fully saturated rings. The zero-order valence-electron chi connectivity index (χ0n) is 13.1. The molecule has 0 amide bonds. The monoisotopic (exact) mass is 370 g/mol. The number of benzene rings is 2. The molecule has 25 heavy (non-hydrogen) atoms. The van der Waals surface area contributed by atoms with Gasteiger partial charge in [-0.1, -0.05) is 47.5 Å². The van der Waals surface area contributed by atoms with Crippen LogP contribution in [0.5, 0.6) is 5.88 Å². The van der Waals surface area contributed by atoms with Crippen LogP contribution in [0.15, 0.2) is 54.9 Å². The fourth-order valence-corrected chi connectivity index (χ4v) is 3.03. The number of para-hydroxylation sites is 1. The third kappa shape index (κ3) is 2.71. The first-order valence-electron chi connectivity index (χ1n) is 7.47. The lowest BCUT2D eigenvalue weighted by molar-refractivity contribution is 0.401. The van der Waals surface area contributed by atoms with E-state index in [1.165, 1.54) is 6.33 Å². The van der Waals surface area contributed by atoms with Gasteiger partial charge in [-0.2, -0.15) is 10.1 Å². The van der Waals surface area contributed by atoms with Crippen molar-refractivity contribution in [1.82, 2.24) is 19.7 Å². The summed E-state index contributed by atoms with van der Waals surface area (Å²) in [6.07, 6.45) is 1.46. The smallest absolute Gasteiger partial charge is 0.245 e. The number of methoxy groups -OCH3 is 1. The second-order valence-electron chi connectivity index (χ2n) is 5.30. The predicted molar refractivity (Wildman–Crippen MR) is 98.7 cm³/mol. The summed E-state index contributed by atoms with van der Waals surface area (Å²) >= 11 is 12.4. The summed E-state index contributed by atoms with van der Waals surface area (Å²) in [5, 5.41) is 5.90. The molecule has 0 saturated carbocycles. The fraction of sp³-hybridized carbons (Fsp3) is 0.0556. The van der Waals surface area contributed by atoms with Gasteiger partial charge in [0.1, 0.15) is 17.5 Å². The van der Waals surface area contributed by atoms with E-state index in [4.69, 9.17) is 27.9 Å². The van der Waals surface area contributed by atoms with Crippen molar-refractivity contribution in [3.05, 3.63) is 64.9 Å². The van der Waals surface area contributed by atoms with Crippen molar-refractivity contribution in [2.24, 2.45) is 0 Å². The SMILES string of the molecule is COc1ncnc2c(-c3ccc(Cl)cc3)n(-c3ccccc3Cl)nc12. The summed E-state index contributed by atoms with van der Waals surface area (Å²) in [6, 6.07) is 15.0. The summed E-state index contributed by atoms with van der Waals surface area (Å²) < 4.78 is 7.09. The van der Waals surface area contributed by atoms with Gasteiger partial charge in [0.15, 0.2) is 5.52 Å². The van der Waals surface area contributed by atoms with Crippen LogP contribution in [0.1, 0.15) is 0 Å². The van der Waals surface area contributed by atoms with Gasteiger partial charge in [-0.15, -0.1) is 0 Å². The van der Waals surface area contributed by atoms with Crippen LogP contribution in [0.2, 0.25) is 10.0 Å². The standard InChI is InChI=1S/C18H12Cl2N4O/c1-25-18-16-15(21-10-22-18)17(11-6-8-12(19)9-7-11)24(23-16)14-5-3-2-4-13(14)20/h2-10H,1H3. The van der Waals surface area contributed by atoms with Gasteiger partial charge in [0.2, 0.25) is 5.88 Å². The molecule has 4 aromatic rings. The first-order valence-corrected chi connectivity index (χ1v) is 8.23. The first kappa shape index (κ1) is 15.9. The Bertz CT molecular complexity index is 1060. The van der Waals surface area contributed by atoms with Gasteiger partial charge >= 0.3 is 0 Å². The highest BCUT2D eigenvalue weighted by Crippen LogP contribution is 2.34. The number of ether oxygens (including phenoxy) is 1. The minimum absolute atomic E-state index is 0.408. The van der Waals surface area contributed by atoms with E-state index in [-0.39, 0.29) is 0 Å². The number of hydrogen-bond acceptors (Lipinski definition) is 4. The van der Waals surface area contributed by atoms with E-state index >= 15 is 0 Å². The van der Waals surface area contributed by atoms with Crippen molar-refractivity contribution in [2.75, 3.05) is 7.11 Å². The molecular weight excluding hydrogens is 359 g/mol. The van der Waals surface area contributed by atoms with E-state index in [1.54, 1.807) is 11.8 Å². The molecule has 0 unspecified atom stereocenters. The van der Waals surface area contributed by atoms with Gasteiger partial charge in [-0.3, -0.25) is 0 Å². The minimum Gasteiger partial charge on any atom is -0.479 e. The predicted octanol–water partition coefficient (Wildman–Crippen LogP) is 4.80. The van der Waals surface area contributed by atoms with Gasteiger partial charge in [-0.25, -0.2) is 9.67 Å². The topological polar surface area (TPSA) is 52.8 Å². The molecule has 4 rings (SSSR count). The number of hydrogen-bond donors (Lipinski definition) is 0. The molecule has 0 aliphatic heterocycles. The molecule has 5 nitrogen and oxygen atoms in total. The highest BCUT2D eigenvalue weighted by molar-refractivity contribution is 6.32.